The van der Waals surface area contributed by atoms with Crippen LogP contribution in [0.25, 0.3) is 0 Å². The van der Waals surface area contributed by atoms with E-state index in [2.05, 4.69) is 53.3 Å². The summed E-state index contributed by atoms with van der Waals surface area (Å²) in [7, 11) is 2.05. The number of nitrogens with one attached hydrogen (secondary N) is 1. The summed E-state index contributed by atoms with van der Waals surface area (Å²) in [6.45, 7) is 5.41. The third kappa shape index (κ3) is 3.58. The van der Waals surface area contributed by atoms with Gasteiger partial charge in [0, 0.05) is 25.0 Å². The Bertz CT molecular complexity index is 525. The van der Waals surface area contributed by atoms with Crippen LogP contribution in [0, 0.1) is 0 Å². The van der Waals surface area contributed by atoms with Crippen LogP contribution in [0.3, 0.4) is 0 Å². The van der Waals surface area contributed by atoms with Crippen molar-refractivity contribution in [1.29, 1.82) is 0 Å². The van der Waals surface area contributed by atoms with Crippen molar-refractivity contribution in [3.8, 4) is 0 Å². The average molecular weight is 269 g/mol. The highest BCUT2D eigenvalue weighted by Crippen LogP contribution is 2.23. The smallest absolute Gasteiger partial charge is 0.132 e. The number of para-hydroxylation sites is 1. The molecule has 1 atom stereocenters. The number of hydrogen-bond acceptors (Lipinski definition) is 3. The molecule has 2 aromatic rings. The van der Waals surface area contributed by atoms with Gasteiger partial charge in [0.05, 0.1) is 0 Å². The number of aromatic nitrogens is 1. The molecule has 3 nitrogen and oxygen atoms in total. The molecule has 0 amide bonds. The maximum Gasteiger partial charge on any atom is 0.132 e. The predicted octanol–water partition coefficient (Wildman–Crippen LogP) is 3.91. The molecular formula is C17H23N3. The molecule has 1 heterocycles. The molecule has 0 aliphatic carbocycles. The normalized spacial score (nSPS) is 12.2. The van der Waals surface area contributed by atoms with Crippen LogP contribution in [0.4, 0.5) is 11.5 Å². The van der Waals surface area contributed by atoms with Gasteiger partial charge in [0.2, 0.25) is 0 Å². The summed E-state index contributed by atoms with van der Waals surface area (Å²) in [4.78, 5) is 6.58. The van der Waals surface area contributed by atoms with Crippen LogP contribution >= 0.6 is 0 Å². The Balaban J connectivity index is 2.17. The van der Waals surface area contributed by atoms with Gasteiger partial charge in [-0.1, -0.05) is 25.1 Å². The average Bonchev–Trinajstić information content (AvgIpc) is 2.52. The van der Waals surface area contributed by atoms with Crippen molar-refractivity contribution >= 4 is 11.5 Å². The first-order valence-corrected chi connectivity index (χ1v) is 7.20. The fourth-order valence-electron chi connectivity index (χ4n) is 2.15. The molecule has 0 saturated carbocycles. The van der Waals surface area contributed by atoms with E-state index in [0.717, 1.165) is 24.5 Å². The van der Waals surface area contributed by atoms with E-state index in [1.807, 2.05) is 31.4 Å². The second-order valence-electron chi connectivity index (χ2n) is 5.02. The standard InChI is InChI=1S/C17H23N3/c1-4-11-18-14(2)15-10-12-19-17(13-15)20(3)16-8-6-5-7-9-16/h5-10,12-14,18H,4,11H2,1-3H3. The van der Waals surface area contributed by atoms with E-state index in [9.17, 15) is 0 Å². The molecule has 0 aliphatic heterocycles. The minimum Gasteiger partial charge on any atom is -0.329 e. The number of nitrogens with zero attached hydrogens (tertiary/aromatic N) is 2. The molecule has 3 heteroatoms. The van der Waals surface area contributed by atoms with Gasteiger partial charge in [-0.05, 0) is 49.7 Å². The van der Waals surface area contributed by atoms with Crippen LogP contribution in [-0.4, -0.2) is 18.6 Å². The van der Waals surface area contributed by atoms with Crippen LogP contribution in [0.15, 0.2) is 48.7 Å². The fraction of sp³-hybridized carbons (Fsp3) is 0.353. The van der Waals surface area contributed by atoms with Crippen molar-refractivity contribution in [3.63, 3.8) is 0 Å². The van der Waals surface area contributed by atoms with Gasteiger partial charge in [-0.3, -0.25) is 0 Å². The molecule has 0 spiro atoms. The summed E-state index contributed by atoms with van der Waals surface area (Å²) >= 11 is 0. The van der Waals surface area contributed by atoms with Gasteiger partial charge in [0.15, 0.2) is 0 Å². The van der Waals surface area contributed by atoms with E-state index in [-0.39, 0.29) is 0 Å². The molecule has 0 aliphatic rings. The van der Waals surface area contributed by atoms with Gasteiger partial charge in [-0.2, -0.15) is 0 Å². The first-order valence-electron chi connectivity index (χ1n) is 7.20. The Labute approximate surface area is 121 Å². The lowest BCUT2D eigenvalue weighted by atomic mass is 10.1. The molecule has 1 N–H and O–H groups in total. The van der Waals surface area contributed by atoms with Crippen molar-refractivity contribution < 1.29 is 0 Å². The molecule has 106 valence electrons. The highest BCUT2D eigenvalue weighted by molar-refractivity contribution is 5.59. The zero-order chi connectivity index (χ0) is 14.4. The highest BCUT2D eigenvalue weighted by Gasteiger charge is 2.09. The highest BCUT2D eigenvalue weighted by atomic mass is 15.2. The Morgan fingerprint density at radius 2 is 1.95 bits per heavy atom. The molecular weight excluding hydrogens is 246 g/mol. The van der Waals surface area contributed by atoms with Gasteiger partial charge >= 0.3 is 0 Å². The second-order valence-corrected chi connectivity index (χ2v) is 5.02. The van der Waals surface area contributed by atoms with Crippen LogP contribution in [0.1, 0.15) is 31.9 Å². The zero-order valence-corrected chi connectivity index (χ0v) is 12.5. The number of benzene rings is 1. The summed E-state index contributed by atoms with van der Waals surface area (Å²) in [6, 6.07) is 14.9. The Morgan fingerprint density at radius 1 is 1.20 bits per heavy atom. The number of pyridine rings is 1. The monoisotopic (exact) mass is 269 g/mol. The van der Waals surface area contributed by atoms with E-state index in [1.54, 1.807) is 0 Å². The van der Waals surface area contributed by atoms with Crippen molar-refractivity contribution in [2.45, 2.75) is 26.3 Å². The quantitative estimate of drug-likeness (QED) is 0.861. The number of hydrogen-bond donors (Lipinski definition) is 1. The summed E-state index contributed by atoms with van der Waals surface area (Å²) in [5.41, 5.74) is 2.41. The van der Waals surface area contributed by atoms with Crippen molar-refractivity contribution in [1.82, 2.24) is 10.3 Å². The van der Waals surface area contributed by atoms with Crippen LogP contribution in [0.5, 0.6) is 0 Å². The summed E-state index contributed by atoms with van der Waals surface area (Å²) < 4.78 is 0. The predicted molar refractivity (Wildman–Crippen MR) is 85.5 cm³/mol. The molecule has 1 aromatic heterocycles. The third-order valence-corrected chi connectivity index (χ3v) is 3.46. The first-order chi connectivity index (χ1) is 9.72. The number of anilines is 2. The lowest BCUT2D eigenvalue weighted by Gasteiger charge is -2.20. The van der Waals surface area contributed by atoms with Gasteiger partial charge < -0.3 is 10.2 Å². The third-order valence-electron chi connectivity index (χ3n) is 3.46. The van der Waals surface area contributed by atoms with Crippen LogP contribution < -0.4 is 10.2 Å². The van der Waals surface area contributed by atoms with Crippen molar-refractivity contribution in [2.24, 2.45) is 0 Å². The minimum atomic E-state index is 0.348. The molecule has 1 unspecified atom stereocenters. The SMILES string of the molecule is CCCNC(C)c1ccnc(N(C)c2ccccc2)c1. The van der Waals surface area contributed by atoms with Gasteiger partial charge in [-0.25, -0.2) is 4.98 Å². The molecule has 0 fully saturated rings. The van der Waals surface area contributed by atoms with E-state index in [4.69, 9.17) is 0 Å². The Morgan fingerprint density at radius 3 is 2.65 bits per heavy atom. The minimum absolute atomic E-state index is 0.348. The number of rotatable bonds is 6. The van der Waals surface area contributed by atoms with Gasteiger partial charge in [0.25, 0.3) is 0 Å². The fourth-order valence-corrected chi connectivity index (χ4v) is 2.15. The lowest BCUT2D eigenvalue weighted by molar-refractivity contribution is 0.570. The van der Waals surface area contributed by atoms with Crippen LogP contribution in [0.2, 0.25) is 0 Å². The topological polar surface area (TPSA) is 28.2 Å². The second kappa shape index (κ2) is 7.06. The summed E-state index contributed by atoms with van der Waals surface area (Å²) in [5, 5.41) is 3.51. The summed E-state index contributed by atoms with van der Waals surface area (Å²) in [5.74, 6) is 0.971. The largest absolute Gasteiger partial charge is 0.329 e. The molecule has 20 heavy (non-hydrogen) atoms. The maximum atomic E-state index is 4.48. The van der Waals surface area contributed by atoms with Crippen LogP contribution in [-0.2, 0) is 0 Å². The molecule has 2 rings (SSSR count). The molecule has 0 bridgehead atoms. The van der Waals surface area contributed by atoms with Gasteiger partial charge in [0.1, 0.15) is 5.82 Å². The lowest BCUT2D eigenvalue weighted by Crippen LogP contribution is -2.20. The van der Waals surface area contributed by atoms with E-state index < -0.39 is 0 Å². The van der Waals surface area contributed by atoms with E-state index >= 15 is 0 Å². The van der Waals surface area contributed by atoms with Crippen molar-refractivity contribution in [2.75, 3.05) is 18.5 Å². The Kier molecular flexibility index (Phi) is 5.13. The summed E-state index contributed by atoms with van der Waals surface area (Å²) in [6.07, 6.45) is 3.03. The zero-order valence-electron chi connectivity index (χ0n) is 12.5. The molecule has 1 aromatic carbocycles. The van der Waals surface area contributed by atoms with E-state index in [0.29, 0.717) is 6.04 Å². The first kappa shape index (κ1) is 14.5. The Hall–Kier alpha value is -1.87. The van der Waals surface area contributed by atoms with E-state index in [1.165, 1.54) is 5.56 Å². The molecule has 0 saturated heterocycles. The molecule has 0 radical (unpaired) electrons. The van der Waals surface area contributed by atoms with Gasteiger partial charge in [-0.15, -0.1) is 0 Å². The van der Waals surface area contributed by atoms with Crippen molar-refractivity contribution in [3.05, 3.63) is 54.2 Å². The maximum absolute atomic E-state index is 4.48.